The molecule has 0 aliphatic heterocycles. The van der Waals surface area contributed by atoms with E-state index in [4.69, 9.17) is 0 Å². The zero-order valence-electron chi connectivity index (χ0n) is 11.7. The van der Waals surface area contributed by atoms with Gasteiger partial charge in [-0.15, -0.1) is 0 Å². The van der Waals surface area contributed by atoms with Crippen molar-refractivity contribution in [1.29, 1.82) is 0 Å². The Bertz CT molecular complexity index is 541. The summed E-state index contributed by atoms with van der Waals surface area (Å²) in [6.07, 6.45) is 0.169. The van der Waals surface area contributed by atoms with Crippen LogP contribution in [-0.4, -0.2) is 16.9 Å². The largest absolute Gasteiger partial charge is 0.391 e. The molecule has 1 aromatic rings. The maximum Gasteiger partial charge on any atom is 0.391 e. The topological polar surface area (TPSA) is 30.0 Å². The molecule has 5 heteroatoms. The van der Waals surface area contributed by atoms with Crippen LogP contribution in [0.4, 0.5) is 13.2 Å². The predicted molar refractivity (Wildman–Crippen MR) is 71.8 cm³/mol. The van der Waals surface area contributed by atoms with Crippen LogP contribution >= 0.6 is 0 Å². The van der Waals surface area contributed by atoms with Gasteiger partial charge in [-0.2, -0.15) is 13.2 Å². The summed E-state index contributed by atoms with van der Waals surface area (Å²) in [6, 6.07) is 3.79. The molecule has 1 heterocycles. The first-order chi connectivity index (χ1) is 9.97. The Labute approximate surface area is 121 Å². The van der Waals surface area contributed by atoms with Gasteiger partial charge < -0.3 is 0 Å². The Morgan fingerprint density at radius 1 is 1.24 bits per heavy atom. The SMILES string of the molecule is O=C(C1CCCC(C(F)(F)F)C1)C1CCc2cccnc21. The molecule has 3 rings (SSSR count). The van der Waals surface area contributed by atoms with Crippen LogP contribution in [0.15, 0.2) is 18.3 Å². The number of carbonyl (C=O) groups is 1. The number of Topliss-reactive ketones (excluding diaryl/α,β-unsaturated/α-hetero) is 1. The highest BCUT2D eigenvalue weighted by atomic mass is 19.4. The number of nitrogens with zero attached hydrogens (tertiary/aromatic N) is 1. The fourth-order valence-electron chi connectivity index (χ4n) is 3.72. The molecule has 2 aliphatic carbocycles. The second-order valence-corrected chi connectivity index (χ2v) is 6.14. The Balaban J connectivity index is 1.74. The minimum atomic E-state index is -4.18. The lowest BCUT2D eigenvalue weighted by molar-refractivity contribution is -0.186. The van der Waals surface area contributed by atoms with Gasteiger partial charge in [0.05, 0.1) is 17.5 Å². The third kappa shape index (κ3) is 2.83. The van der Waals surface area contributed by atoms with E-state index in [1.54, 1.807) is 6.20 Å². The molecule has 0 N–H and O–H groups in total. The van der Waals surface area contributed by atoms with Crippen molar-refractivity contribution in [2.45, 2.75) is 50.6 Å². The zero-order chi connectivity index (χ0) is 15.0. The summed E-state index contributed by atoms with van der Waals surface area (Å²) in [4.78, 5) is 16.9. The van der Waals surface area contributed by atoms with Crippen LogP contribution in [-0.2, 0) is 11.2 Å². The number of rotatable bonds is 2. The maximum atomic E-state index is 12.9. The van der Waals surface area contributed by atoms with Gasteiger partial charge in [0.15, 0.2) is 0 Å². The lowest BCUT2D eigenvalue weighted by atomic mass is 9.76. The lowest BCUT2D eigenvalue weighted by Gasteiger charge is -2.31. The third-order valence-electron chi connectivity index (χ3n) is 4.84. The van der Waals surface area contributed by atoms with Crippen molar-refractivity contribution in [3.05, 3.63) is 29.6 Å². The van der Waals surface area contributed by atoms with Crippen LogP contribution in [0, 0.1) is 11.8 Å². The molecule has 1 aromatic heterocycles. The first-order valence-electron chi connectivity index (χ1n) is 7.51. The van der Waals surface area contributed by atoms with Gasteiger partial charge in [-0.25, -0.2) is 0 Å². The average Bonchev–Trinajstić information content (AvgIpc) is 2.90. The second-order valence-electron chi connectivity index (χ2n) is 6.14. The predicted octanol–water partition coefficient (Wildman–Crippen LogP) is 4.05. The van der Waals surface area contributed by atoms with Gasteiger partial charge in [0, 0.05) is 12.1 Å². The standard InChI is InChI=1S/C16H18F3NO/c17-16(18,19)12-5-1-3-11(9-12)15(21)13-7-6-10-4-2-8-20-14(10)13/h2,4,8,11-13H,1,3,5-7,9H2. The highest BCUT2D eigenvalue weighted by molar-refractivity contribution is 5.88. The quantitative estimate of drug-likeness (QED) is 0.824. The van der Waals surface area contributed by atoms with E-state index >= 15 is 0 Å². The van der Waals surface area contributed by atoms with Crippen molar-refractivity contribution in [2.24, 2.45) is 11.8 Å². The number of pyridine rings is 1. The van der Waals surface area contributed by atoms with Gasteiger partial charge in [-0.05, 0) is 43.7 Å². The molecule has 0 saturated heterocycles. The van der Waals surface area contributed by atoms with E-state index in [1.165, 1.54) is 0 Å². The van der Waals surface area contributed by atoms with Crippen LogP contribution in [0.3, 0.4) is 0 Å². The van der Waals surface area contributed by atoms with Gasteiger partial charge in [0.2, 0.25) is 0 Å². The number of fused-ring (bicyclic) bond motifs is 1. The minimum Gasteiger partial charge on any atom is -0.299 e. The van der Waals surface area contributed by atoms with E-state index in [0.29, 0.717) is 19.3 Å². The molecule has 3 unspecified atom stereocenters. The first kappa shape index (κ1) is 14.5. The number of hydrogen-bond donors (Lipinski definition) is 0. The third-order valence-corrected chi connectivity index (χ3v) is 4.84. The Morgan fingerprint density at radius 3 is 2.81 bits per heavy atom. The van der Waals surface area contributed by atoms with E-state index in [-0.39, 0.29) is 24.5 Å². The Kier molecular flexibility index (Phi) is 3.76. The van der Waals surface area contributed by atoms with Gasteiger partial charge in [0.25, 0.3) is 0 Å². The van der Waals surface area contributed by atoms with Crippen molar-refractivity contribution >= 4 is 5.78 Å². The molecule has 21 heavy (non-hydrogen) atoms. The van der Waals surface area contributed by atoms with Crippen LogP contribution in [0.1, 0.15) is 49.3 Å². The van der Waals surface area contributed by atoms with Crippen molar-refractivity contribution in [1.82, 2.24) is 4.98 Å². The average molecular weight is 297 g/mol. The fourth-order valence-corrected chi connectivity index (χ4v) is 3.72. The normalized spacial score (nSPS) is 29.2. The molecule has 0 amide bonds. The number of halogens is 3. The van der Waals surface area contributed by atoms with Gasteiger partial charge in [0.1, 0.15) is 5.78 Å². The van der Waals surface area contributed by atoms with E-state index in [9.17, 15) is 18.0 Å². The summed E-state index contributed by atoms with van der Waals surface area (Å²) in [5.74, 6) is -2.09. The molecule has 114 valence electrons. The molecule has 3 atom stereocenters. The van der Waals surface area contributed by atoms with Crippen molar-refractivity contribution in [2.75, 3.05) is 0 Å². The van der Waals surface area contributed by atoms with E-state index in [0.717, 1.165) is 17.7 Å². The van der Waals surface area contributed by atoms with Gasteiger partial charge in [-0.1, -0.05) is 12.5 Å². The van der Waals surface area contributed by atoms with Crippen LogP contribution in [0.25, 0.3) is 0 Å². The van der Waals surface area contributed by atoms with Crippen molar-refractivity contribution in [3.63, 3.8) is 0 Å². The van der Waals surface area contributed by atoms with E-state index in [1.807, 2.05) is 12.1 Å². The second kappa shape index (κ2) is 5.43. The summed E-state index contributed by atoms with van der Waals surface area (Å²) >= 11 is 0. The van der Waals surface area contributed by atoms with Crippen LogP contribution < -0.4 is 0 Å². The number of carbonyl (C=O) groups excluding carboxylic acids is 1. The molecule has 0 aromatic carbocycles. The molecule has 2 aliphatic rings. The van der Waals surface area contributed by atoms with Gasteiger partial charge in [-0.3, -0.25) is 9.78 Å². The zero-order valence-corrected chi connectivity index (χ0v) is 11.7. The van der Waals surface area contributed by atoms with Crippen molar-refractivity contribution in [3.8, 4) is 0 Å². The van der Waals surface area contributed by atoms with Crippen molar-refractivity contribution < 1.29 is 18.0 Å². The Hall–Kier alpha value is -1.39. The number of aromatic nitrogens is 1. The molecule has 0 bridgehead atoms. The highest BCUT2D eigenvalue weighted by Gasteiger charge is 2.45. The number of alkyl halides is 3. The monoisotopic (exact) mass is 297 g/mol. The summed E-state index contributed by atoms with van der Waals surface area (Å²) in [5, 5.41) is 0. The fraction of sp³-hybridized carbons (Fsp3) is 0.625. The lowest BCUT2D eigenvalue weighted by Crippen LogP contribution is -2.33. The Morgan fingerprint density at radius 2 is 2.05 bits per heavy atom. The van der Waals surface area contributed by atoms with Crippen LogP contribution in [0.5, 0.6) is 0 Å². The summed E-state index contributed by atoms with van der Waals surface area (Å²) < 4.78 is 38.6. The minimum absolute atomic E-state index is 0.0265. The number of hydrogen-bond acceptors (Lipinski definition) is 2. The number of aryl methyl sites for hydroxylation is 1. The first-order valence-corrected chi connectivity index (χ1v) is 7.51. The summed E-state index contributed by atoms with van der Waals surface area (Å²) in [5.41, 5.74) is 1.86. The highest BCUT2D eigenvalue weighted by Crippen LogP contribution is 2.43. The van der Waals surface area contributed by atoms with Gasteiger partial charge >= 0.3 is 6.18 Å². The maximum absolute atomic E-state index is 12.9. The molecule has 0 spiro atoms. The summed E-state index contributed by atoms with van der Waals surface area (Å²) in [6.45, 7) is 0. The van der Waals surface area contributed by atoms with E-state index in [2.05, 4.69) is 4.98 Å². The molecule has 0 radical (unpaired) electrons. The number of ketones is 1. The molecular formula is C16H18F3NO. The molecular weight excluding hydrogens is 279 g/mol. The summed E-state index contributed by atoms with van der Waals surface area (Å²) in [7, 11) is 0. The molecule has 1 fully saturated rings. The molecule has 2 nitrogen and oxygen atoms in total. The molecule has 1 saturated carbocycles. The van der Waals surface area contributed by atoms with E-state index < -0.39 is 18.0 Å². The smallest absolute Gasteiger partial charge is 0.299 e. The van der Waals surface area contributed by atoms with Crippen LogP contribution in [0.2, 0.25) is 0 Å².